The van der Waals surface area contributed by atoms with Gasteiger partial charge in [0.25, 0.3) is 0 Å². The van der Waals surface area contributed by atoms with Gasteiger partial charge in [-0.25, -0.2) is 12.7 Å². The molecule has 15 heavy (non-hydrogen) atoms. The Labute approximate surface area is 93.1 Å². The first-order valence-electron chi connectivity index (χ1n) is 5.56. The summed E-state index contributed by atoms with van der Waals surface area (Å²) in [7, 11) is -1.37. The van der Waals surface area contributed by atoms with E-state index in [4.69, 9.17) is 0 Å². The first kappa shape index (κ1) is 12.9. The molecule has 1 saturated heterocycles. The molecule has 0 aromatic heterocycles. The maximum Gasteiger partial charge on any atom is 0.214 e. The Balaban J connectivity index is 2.49. The molecule has 0 aliphatic carbocycles. The lowest BCUT2D eigenvalue weighted by Crippen LogP contribution is -2.35. The number of nitrogens with zero attached hydrogens (tertiary/aromatic N) is 1. The van der Waals surface area contributed by atoms with E-state index in [2.05, 4.69) is 5.32 Å². The molecular weight excluding hydrogens is 212 g/mol. The second kappa shape index (κ2) is 5.27. The molecular formula is C10H22N2O2S. The third-order valence-electron chi connectivity index (χ3n) is 2.71. The predicted molar refractivity (Wildman–Crippen MR) is 62.2 cm³/mol. The molecule has 0 radical (unpaired) electrons. The Hall–Kier alpha value is -0.130. The van der Waals surface area contributed by atoms with E-state index in [1.165, 1.54) is 4.31 Å². The van der Waals surface area contributed by atoms with Gasteiger partial charge in [0, 0.05) is 13.6 Å². The molecule has 1 rings (SSSR count). The van der Waals surface area contributed by atoms with Crippen molar-refractivity contribution in [1.82, 2.24) is 9.62 Å². The fourth-order valence-electron chi connectivity index (χ4n) is 1.91. The topological polar surface area (TPSA) is 49.4 Å². The molecule has 0 aromatic rings. The lowest BCUT2D eigenvalue weighted by molar-refractivity contribution is 0.412. The van der Waals surface area contributed by atoms with E-state index < -0.39 is 10.0 Å². The molecule has 0 aromatic carbocycles. The molecule has 0 saturated carbocycles. The largest absolute Gasteiger partial charge is 0.316 e. The van der Waals surface area contributed by atoms with Gasteiger partial charge in [0.2, 0.25) is 10.0 Å². The fraction of sp³-hybridized carbons (Fsp3) is 1.00. The minimum absolute atomic E-state index is 0.295. The first-order valence-corrected chi connectivity index (χ1v) is 7.17. The Kier molecular flexibility index (Phi) is 4.55. The van der Waals surface area contributed by atoms with Crippen LogP contribution in [0, 0.1) is 11.8 Å². The van der Waals surface area contributed by atoms with Crippen molar-refractivity contribution in [3.8, 4) is 0 Å². The monoisotopic (exact) mass is 234 g/mol. The Morgan fingerprint density at radius 1 is 1.47 bits per heavy atom. The average molecular weight is 234 g/mol. The predicted octanol–water partition coefficient (Wildman–Crippen LogP) is 0.513. The Bertz CT molecular complexity index is 282. The van der Waals surface area contributed by atoms with Crippen LogP contribution < -0.4 is 5.32 Å². The van der Waals surface area contributed by atoms with E-state index in [1.807, 2.05) is 13.8 Å². The van der Waals surface area contributed by atoms with Gasteiger partial charge in [0.1, 0.15) is 0 Å². The molecule has 1 atom stereocenters. The summed E-state index contributed by atoms with van der Waals surface area (Å²) in [6.45, 7) is 6.47. The third kappa shape index (κ3) is 4.09. The van der Waals surface area contributed by atoms with E-state index in [1.54, 1.807) is 7.05 Å². The van der Waals surface area contributed by atoms with E-state index in [-0.39, 0.29) is 0 Å². The number of hydrogen-bond acceptors (Lipinski definition) is 3. The number of nitrogens with one attached hydrogen (secondary N) is 1. The minimum atomic E-state index is -3.05. The highest BCUT2D eigenvalue weighted by Crippen LogP contribution is 2.13. The van der Waals surface area contributed by atoms with E-state index >= 15 is 0 Å². The van der Waals surface area contributed by atoms with Crippen molar-refractivity contribution >= 4 is 10.0 Å². The van der Waals surface area contributed by atoms with Crippen LogP contribution >= 0.6 is 0 Å². The normalized spacial score (nSPS) is 22.9. The zero-order valence-electron chi connectivity index (χ0n) is 9.86. The minimum Gasteiger partial charge on any atom is -0.316 e. The lowest BCUT2D eigenvalue weighted by Gasteiger charge is -2.20. The number of sulfonamides is 1. The molecule has 1 fully saturated rings. The summed E-state index contributed by atoms with van der Waals surface area (Å²) in [6.07, 6.45) is 0.981. The van der Waals surface area contributed by atoms with Crippen molar-refractivity contribution in [1.29, 1.82) is 0 Å². The summed E-state index contributed by atoms with van der Waals surface area (Å²) in [5.74, 6) is 0.972. The smallest absolute Gasteiger partial charge is 0.214 e. The zero-order valence-corrected chi connectivity index (χ0v) is 10.7. The SMILES string of the molecule is CC(C)CN(C)S(=O)(=O)CC1CCNC1. The van der Waals surface area contributed by atoms with Gasteiger partial charge in [-0.2, -0.15) is 0 Å². The molecule has 1 aliphatic rings. The molecule has 90 valence electrons. The van der Waals surface area contributed by atoms with Crippen molar-refractivity contribution in [2.24, 2.45) is 11.8 Å². The number of rotatable bonds is 5. The van der Waals surface area contributed by atoms with Gasteiger partial charge in [0.15, 0.2) is 0 Å². The summed E-state index contributed by atoms with van der Waals surface area (Å²) < 4.78 is 25.3. The molecule has 4 nitrogen and oxygen atoms in total. The van der Waals surface area contributed by atoms with Gasteiger partial charge >= 0.3 is 0 Å². The summed E-state index contributed by atoms with van der Waals surface area (Å²) in [4.78, 5) is 0. The Morgan fingerprint density at radius 3 is 2.60 bits per heavy atom. The standard InChI is InChI=1S/C10H22N2O2S/c1-9(2)7-12(3)15(13,14)8-10-4-5-11-6-10/h9-11H,4-8H2,1-3H3. The van der Waals surface area contributed by atoms with E-state index in [0.717, 1.165) is 19.5 Å². The summed E-state index contributed by atoms with van der Waals surface area (Å²) in [5.41, 5.74) is 0. The first-order chi connectivity index (χ1) is 6.92. The Morgan fingerprint density at radius 2 is 2.13 bits per heavy atom. The van der Waals surface area contributed by atoms with Crippen molar-refractivity contribution in [2.75, 3.05) is 32.4 Å². The second-order valence-corrected chi connectivity index (χ2v) is 6.93. The van der Waals surface area contributed by atoms with Crippen LogP contribution in [-0.4, -0.2) is 45.2 Å². The summed E-state index contributed by atoms with van der Waals surface area (Å²) >= 11 is 0. The maximum atomic E-state index is 11.9. The van der Waals surface area contributed by atoms with Gasteiger partial charge in [-0.3, -0.25) is 0 Å². The van der Waals surface area contributed by atoms with E-state index in [0.29, 0.717) is 24.1 Å². The molecule has 0 amide bonds. The molecule has 0 spiro atoms. The molecule has 5 heteroatoms. The summed E-state index contributed by atoms with van der Waals surface area (Å²) in [5, 5.41) is 3.19. The average Bonchev–Trinajstić information content (AvgIpc) is 2.54. The van der Waals surface area contributed by atoms with E-state index in [9.17, 15) is 8.42 Å². The van der Waals surface area contributed by atoms with Crippen molar-refractivity contribution in [3.05, 3.63) is 0 Å². The zero-order chi connectivity index (χ0) is 11.5. The van der Waals surface area contributed by atoms with Crippen LogP contribution in [0.25, 0.3) is 0 Å². The summed E-state index contributed by atoms with van der Waals surface area (Å²) in [6, 6.07) is 0. The molecule has 0 bridgehead atoms. The van der Waals surface area contributed by atoms with Gasteiger partial charge in [0.05, 0.1) is 5.75 Å². The van der Waals surface area contributed by atoms with Crippen LogP contribution in [0.5, 0.6) is 0 Å². The van der Waals surface area contributed by atoms with Crippen molar-refractivity contribution < 1.29 is 8.42 Å². The van der Waals surface area contributed by atoms with Crippen LogP contribution in [0.3, 0.4) is 0 Å². The fourth-order valence-corrected chi connectivity index (χ4v) is 3.57. The van der Waals surface area contributed by atoms with Crippen LogP contribution in [0.1, 0.15) is 20.3 Å². The van der Waals surface area contributed by atoms with Gasteiger partial charge in [-0.05, 0) is 31.3 Å². The molecule has 1 heterocycles. The third-order valence-corrected chi connectivity index (χ3v) is 4.70. The van der Waals surface area contributed by atoms with Gasteiger partial charge < -0.3 is 5.32 Å². The van der Waals surface area contributed by atoms with Crippen LogP contribution in [0.15, 0.2) is 0 Å². The molecule has 1 N–H and O–H groups in total. The highest BCUT2D eigenvalue weighted by molar-refractivity contribution is 7.89. The molecule has 1 aliphatic heterocycles. The number of hydrogen-bond donors (Lipinski definition) is 1. The van der Waals surface area contributed by atoms with Crippen LogP contribution in [0.4, 0.5) is 0 Å². The lowest BCUT2D eigenvalue weighted by atomic mass is 10.2. The quantitative estimate of drug-likeness (QED) is 0.754. The molecule has 1 unspecified atom stereocenters. The van der Waals surface area contributed by atoms with Gasteiger partial charge in [-0.15, -0.1) is 0 Å². The highest BCUT2D eigenvalue weighted by Gasteiger charge is 2.25. The van der Waals surface area contributed by atoms with Crippen molar-refractivity contribution in [2.45, 2.75) is 20.3 Å². The van der Waals surface area contributed by atoms with Gasteiger partial charge in [-0.1, -0.05) is 13.8 Å². The van der Waals surface area contributed by atoms with Crippen molar-refractivity contribution in [3.63, 3.8) is 0 Å². The maximum absolute atomic E-state index is 11.9. The van der Waals surface area contributed by atoms with Crippen LogP contribution in [0.2, 0.25) is 0 Å². The second-order valence-electron chi connectivity index (χ2n) is 4.81. The van der Waals surface area contributed by atoms with Crippen LogP contribution in [-0.2, 0) is 10.0 Å². The highest BCUT2D eigenvalue weighted by atomic mass is 32.2.